The Bertz CT molecular complexity index is 335. The molecule has 1 rings (SSSR count). The van der Waals surface area contributed by atoms with Gasteiger partial charge in [0.25, 0.3) is 0 Å². The molecule has 0 amide bonds. The molecule has 1 heterocycles. The van der Waals surface area contributed by atoms with Crippen molar-refractivity contribution in [2.45, 2.75) is 58.0 Å². The fourth-order valence-corrected chi connectivity index (χ4v) is 2.41. The average Bonchev–Trinajstić information content (AvgIpc) is 2.68. The van der Waals surface area contributed by atoms with Gasteiger partial charge in [0, 0.05) is 5.57 Å². The van der Waals surface area contributed by atoms with Crippen molar-refractivity contribution in [2.75, 3.05) is 7.11 Å². The molecule has 0 spiro atoms. The molecule has 0 aromatic rings. The summed E-state index contributed by atoms with van der Waals surface area (Å²) in [6.07, 6.45) is 7.31. The van der Waals surface area contributed by atoms with E-state index in [2.05, 4.69) is 13.5 Å². The van der Waals surface area contributed by atoms with E-state index < -0.39 is 24.0 Å². The van der Waals surface area contributed by atoms with Crippen LogP contribution in [0.15, 0.2) is 12.2 Å². The molecule has 0 radical (unpaired) electrons. The molecular formula is C15H24O4. The maximum Gasteiger partial charge on any atom is 0.334 e. The number of cyclic esters (lactones) is 1. The molecule has 0 saturated carbocycles. The van der Waals surface area contributed by atoms with Gasteiger partial charge >= 0.3 is 11.9 Å². The van der Waals surface area contributed by atoms with Crippen LogP contribution in [-0.2, 0) is 19.1 Å². The first kappa shape index (κ1) is 15.7. The fraction of sp³-hybridized carbons (Fsp3) is 0.733. The first-order valence-electron chi connectivity index (χ1n) is 7.09. The second-order valence-electron chi connectivity index (χ2n) is 5.03. The third-order valence-corrected chi connectivity index (χ3v) is 3.57. The summed E-state index contributed by atoms with van der Waals surface area (Å²) in [7, 11) is 1.32. The summed E-state index contributed by atoms with van der Waals surface area (Å²) in [5, 5.41) is 0. The van der Waals surface area contributed by atoms with Crippen molar-refractivity contribution < 1.29 is 19.1 Å². The highest BCUT2D eigenvalue weighted by atomic mass is 16.6. The van der Waals surface area contributed by atoms with Crippen LogP contribution in [0.3, 0.4) is 0 Å². The summed E-state index contributed by atoms with van der Waals surface area (Å²) < 4.78 is 9.91. The van der Waals surface area contributed by atoms with E-state index in [-0.39, 0.29) is 5.57 Å². The number of hydrogen-bond acceptors (Lipinski definition) is 4. The summed E-state index contributed by atoms with van der Waals surface area (Å²) >= 11 is 0. The Morgan fingerprint density at radius 3 is 2.53 bits per heavy atom. The maximum absolute atomic E-state index is 11.6. The van der Waals surface area contributed by atoms with Gasteiger partial charge in [-0.2, -0.15) is 0 Å². The van der Waals surface area contributed by atoms with Crippen LogP contribution in [0.1, 0.15) is 51.9 Å². The van der Waals surface area contributed by atoms with Crippen molar-refractivity contribution in [3.63, 3.8) is 0 Å². The number of carbonyl (C=O) groups is 2. The van der Waals surface area contributed by atoms with Gasteiger partial charge in [-0.05, 0) is 12.8 Å². The molecule has 1 fully saturated rings. The van der Waals surface area contributed by atoms with Crippen LogP contribution in [0.4, 0.5) is 0 Å². The Balaban J connectivity index is 2.37. The van der Waals surface area contributed by atoms with E-state index >= 15 is 0 Å². The highest BCUT2D eigenvalue weighted by Crippen LogP contribution is 2.31. The molecule has 1 aliphatic heterocycles. The van der Waals surface area contributed by atoms with Crippen LogP contribution in [0, 0.1) is 5.92 Å². The SMILES string of the molecule is C=C1C(=O)O[C@@H](CCCCCCCC)[C@H]1C(=O)OC. The number of carbonyl (C=O) groups excluding carboxylic acids is 2. The lowest BCUT2D eigenvalue weighted by Crippen LogP contribution is -2.26. The molecule has 4 heteroatoms. The van der Waals surface area contributed by atoms with Crippen LogP contribution >= 0.6 is 0 Å². The van der Waals surface area contributed by atoms with Gasteiger partial charge in [0.1, 0.15) is 12.0 Å². The molecule has 1 aliphatic rings. The summed E-state index contributed by atoms with van der Waals surface area (Å²) in [5.41, 5.74) is 0.225. The van der Waals surface area contributed by atoms with E-state index in [1.54, 1.807) is 0 Å². The number of unbranched alkanes of at least 4 members (excludes halogenated alkanes) is 5. The lowest BCUT2D eigenvalue weighted by atomic mass is 9.93. The van der Waals surface area contributed by atoms with Gasteiger partial charge < -0.3 is 9.47 Å². The molecule has 0 unspecified atom stereocenters. The van der Waals surface area contributed by atoms with E-state index in [0.29, 0.717) is 6.42 Å². The highest BCUT2D eigenvalue weighted by Gasteiger charge is 2.43. The van der Waals surface area contributed by atoms with Crippen molar-refractivity contribution in [1.82, 2.24) is 0 Å². The number of hydrogen-bond donors (Lipinski definition) is 0. The summed E-state index contributed by atoms with van der Waals surface area (Å²) in [6, 6.07) is 0. The van der Waals surface area contributed by atoms with E-state index in [0.717, 1.165) is 12.8 Å². The Labute approximate surface area is 115 Å². The minimum absolute atomic E-state index is 0.225. The van der Waals surface area contributed by atoms with Gasteiger partial charge in [-0.25, -0.2) is 4.79 Å². The van der Waals surface area contributed by atoms with Gasteiger partial charge in [-0.1, -0.05) is 45.6 Å². The van der Waals surface area contributed by atoms with E-state index in [1.165, 1.54) is 32.8 Å². The van der Waals surface area contributed by atoms with Gasteiger partial charge in [0.2, 0.25) is 0 Å². The molecule has 0 aliphatic carbocycles. The lowest BCUT2D eigenvalue weighted by molar-refractivity contribution is -0.147. The number of methoxy groups -OCH3 is 1. The van der Waals surface area contributed by atoms with Crippen LogP contribution in [-0.4, -0.2) is 25.2 Å². The summed E-state index contributed by atoms with van der Waals surface area (Å²) in [6.45, 7) is 5.81. The number of rotatable bonds is 8. The standard InChI is InChI=1S/C15H24O4/c1-4-5-6-7-8-9-10-12-13(15(17)18-3)11(2)14(16)19-12/h12-13H,2,4-10H2,1,3H3/t12-,13-/m0/s1. The van der Waals surface area contributed by atoms with E-state index in [1.807, 2.05) is 0 Å². The zero-order valence-electron chi connectivity index (χ0n) is 11.9. The zero-order chi connectivity index (χ0) is 14.3. The average molecular weight is 268 g/mol. The Hall–Kier alpha value is -1.32. The van der Waals surface area contributed by atoms with Crippen LogP contribution in [0.25, 0.3) is 0 Å². The zero-order valence-corrected chi connectivity index (χ0v) is 11.9. The van der Waals surface area contributed by atoms with Crippen LogP contribution < -0.4 is 0 Å². The topological polar surface area (TPSA) is 52.6 Å². The first-order chi connectivity index (χ1) is 9.11. The van der Waals surface area contributed by atoms with Crippen molar-refractivity contribution in [1.29, 1.82) is 0 Å². The molecule has 0 bridgehead atoms. The van der Waals surface area contributed by atoms with Crippen molar-refractivity contribution >= 4 is 11.9 Å². The third kappa shape index (κ3) is 4.37. The third-order valence-electron chi connectivity index (χ3n) is 3.57. The molecule has 2 atom stereocenters. The van der Waals surface area contributed by atoms with Gasteiger partial charge in [0.05, 0.1) is 7.11 Å². The monoisotopic (exact) mass is 268 g/mol. The number of esters is 2. The van der Waals surface area contributed by atoms with Gasteiger partial charge in [-0.3, -0.25) is 4.79 Å². The Morgan fingerprint density at radius 1 is 1.26 bits per heavy atom. The van der Waals surface area contributed by atoms with Gasteiger partial charge in [0.15, 0.2) is 0 Å². The van der Waals surface area contributed by atoms with Gasteiger partial charge in [-0.15, -0.1) is 0 Å². The van der Waals surface area contributed by atoms with Crippen LogP contribution in [0.2, 0.25) is 0 Å². The minimum Gasteiger partial charge on any atom is -0.468 e. The largest absolute Gasteiger partial charge is 0.468 e. The summed E-state index contributed by atoms with van der Waals surface area (Å²) in [5.74, 6) is -1.51. The predicted octanol–water partition coefficient (Wildman–Crippen LogP) is 3.01. The van der Waals surface area contributed by atoms with Crippen molar-refractivity contribution in [3.8, 4) is 0 Å². The number of ether oxygens (including phenoxy) is 2. The van der Waals surface area contributed by atoms with Crippen molar-refractivity contribution in [3.05, 3.63) is 12.2 Å². The van der Waals surface area contributed by atoms with Crippen LogP contribution in [0.5, 0.6) is 0 Å². The second kappa shape index (κ2) is 7.97. The summed E-state index contributed by atoms with van der Waals surface area (Å²) in [4.78, 5) is 23.1. The molecule has 4 nitrogen and oxygen atoms in total. The highest BCUT2D eigenvalue weighted by molar-refractivity contribution is 5.98. The smallest absolute Gasteiger partial charge is 0.334 e. The normalized spacial score (nSPS) is 22.4. The Kier molecular flexibility index (Phi) is 6.60. The van der Waals surface area contributed by atoms with E-state index in [9.17, 15) is 9.59 Å². The molecule has 0 aromatic carbocycles. The molecule has 0 aromatic heterocycles. The first-order valence-corrected chi connectivity index (χ1v) is 7.09. The Morgan fingerprint density at radius 2 is 1.89 bits per heavy atom. The van der Waals surface area contributed by atoms with Crippen molar-refractivity contribution in [2.24, 2.45) is 5.92 Å². The molecule has 0 N–H and O–H groups in total. The lowest BCUT2D eigenvalue weighted by Gasteiger charge is -2.15. The molecular weight excluding hydrogens is 244 g/mol. The predicted molar refractivity (Wildman–Crippen MR) is 72.5 cm³/mol. The molecule has 19 heavy (non-hydrogen) atoms. The minimum atomic E-state index is -0.617. The molecule has 1 saturated heterocycles. The quantitative estimate of drug-likeness (QED) is 0.386. The maximum atomic E-state index is 11.6. The molecule has 108 valence electrons. The second-order valence-corrected chi connectivity index (χ2v) is 5.03. The fourth-order valence-electron chi connectivity index (χ4n) is 2.41. The van der Waals surface area contributed by atoms with E-state index in [4.69, 9.17) is 9.47 Å².